The van der Waals surface area contributed by atoms with Gasteiger partial charge in [0.1, 0.15) is 11.3 Å². The minimum Gasteiger partial charge on any atom is -0.353 e. The molecule has 9 heteroatoms. The zero-order valence-electron chi connectivity index (χ0n) is 15.8. The summed E-state index contributed by atoms with van der Waals surface area (Å²) in [6.45, 7) is 1.83. The first-order valence-corrected chi connectivity index (χ1v) is 10.3. The Hall–Kier alpha value is -3.10. The van der Waals surface area contributed by atoms with Gasteiger partial charge in [-0.2, -0.15) is 0 Å². The first kappa shape index (κ1) is 20.2. The van der Waals surface area contributed by atoms with Crippen molar-refractivity contribution in [1.29, 1.82) is 0 Å². The number of fused-ring (bicyclic) bond motifs is 1. The highest BCUT2D eigenvalue weighted by molar-refractivity contribution is 7.99. The van der Waals surface area contributed by atoms with E-state index in [2.05, 4.69) is 15.3 Å². The van der Waals surface area contributed by atoms with Crippen molar-refractivity contribution in [2.75, 3.05) is 11.1 Å². The number of aryl methyl sites for hydroxylation is 1. The van der Waals surface area contributed by atoms with E-state index >= 15 is 0 Å². The molecule has 0 aliphatic carbocycles. The largest absolute Gasteiger partial charge is 0.353 e. The van der Waals surface area contributed by atoms with Crippen molar-refractivity contribution < 1.29 is 9.18 Å². The van der Waals surface area contributed by atoms with E-state index in [9.17, 15) is 14.0 Å². The minimum atomic E-state index is -0.412. The Morgan fingerprint density at radius 1 is 1.23 bits per heavy atom. The second-order valence-corrected chi connectivity index (χ2v) is 7.89. The van der Waals surface area contributed by atoms with Crippen LogP contribution in [-0.4, -0.2) is 26.2 Å². The maximum atomic E-state index is 13.4. The molecule has 2 N–H and O–H groups in total. The molecule has 2 aromatic carbocycles. The number of carbonyl (C=O) groups is 1. The molecular weight excluding hydrogens is 427 g/mol. The number of rotatable bonds is 5. The summed E-state index contributed by atoms with van der Waals surface area (Å²) in [6.07, 6.45) is 0. The number of nitrogens with zero attached hydrogens (tertiary/aromatic N) is 2. The third-order valence-electron chi connectivity index (χ3n) is 4.32. The molecule has 0 saturated carbocycles. The fraction of sp³-hybridized carbons (Fsp3) is 0.0952. The van der Waals surface area contributed by atoms with Gasteiger partial charge in [-0.15, -0.1) is 0 Å². The van der Waals surface area contributed by atoms with E-state index in [1.54, 1.807) is 30.3 Å². The standard InChI is InChI=1S/C21H16ClFN4O2S/c1-12-10-17-19(24-12)20(29)27(14-8-6-13(23)7-9-14)21(26-17)30-11-18(28)25-16-5-3-2-4-15(16)22/h2-10,24H,11H2,1H3,(H,25,28). The Kier molecular flexibility index (Phi) is 5.61. The number of halogens is 2. The van der Waals surface area contributed by atoms with Crippen LogP contribution in [0.1, 0.15) is 5.69 Å². The van der Waals surface area contributed by atoms with Gasteiger partial charge in [0.25, 0.3) is 5.56 Å². The molecule has 4 rings (SSSR count). The average molecular weight is 443 g/mol. The average Bonchev–Trinajstić information content (AvgIpc) is 3.10. The third-order valence-corrected chi connectivity index (χ3v) is 5.59. The number of hydrogen-bond acceptors (Lipinski definition) is 4. The molecule has 1 amide bonds. The molecule has 30 heavy (non-hydrogen) atoms. The third kappa shape index (κ3) is 4.10. The molecule has 0 aliphatic rings. The molecule has 0 aliphatic heterocycles. The van der Waals surface area contributed by atoms with Gasteiger partial charge in [0.05, 0.1) is 27.7 Å². The SMILES string of the molecule is Cc1cc2nc(SCC(=O)Nc3ccccc3Cl)n(-c3ccc(F)cc3)c(=O)c2[nH]1. The van der Waals surface area contributed by atoms with E-state index in [-0.39, 0.29) is 17.2 Å². The van der Waals surface area contributed by atoms with Crippen LogP contribution in [0.4, 0.5) is 10.1 Å². The quantitative estimate of drug-likeness (QED) is 0.351. The van der Waals surface area contributed by atoms with Crippen molar-refractivity contribution in [3.05, 3.63) is 81.5 Å². The molecule has 6 nitrogen and oxygen atoms in total. The zero-order valence-corrected chi connectivity index (χ0v) is 17.4. The summed E-state index contributed by atoms with van der Waals surface area (Å²) in [5, 5.41) is 3.50. The van der Waals surface area contributed by atoms with Crippen LogP contribution in [0.15, 0.2) is 64.5 Å². The van der Waals surface area contributed by atoms with Gasteiger partial charge in [-0.3, -0.25) is 14.2 Å². The lowest BCUT2D eigenvalue weighted by molar-refractivity contribution is -0.113. The van der Waals surface area contributed by atoms with E-state index in [0.717, 1.165) is 17.5 Å². The number of thioether (sulfide) groups is 1. The number of aromatic nitrogens is 3. The van der Waals surface area contributed by atoms with Crippen LogP contribution in [0.3, 0.4) is 0 Å². The summed E-state index contributed by atoms with van der Waals surface area (Å²) < 4.78 is 14.7. The highest BCUT2D eigenvalue weighted by Gasteiger charge is 2.16. The highest BCUT2D eigenvalue weighted by Crippen LogP contribution is 2.24. The predicted molar refractivity (Wildman–Crippen MR) is 117 cm³/mol. The van der Waals surface area contributed by atoms with E-state index in [1.165, 1.54) is 28.8 Å². The number of carbonyl (C=O) groups excluding carboxylic acids is 1. The van der Waals surface area contributed by atoms with Crippen molar-refractivity contribution in [2.45, 2.75) is 12.1 Å². The topological polar surface area (TPSA) is 79.8 Å². The lowest BCUT2D eigenvalue weighted by Crippen LogP contribution is -2.23. The molecule has 0 unspecified atom stereocenters. The number of amides is 1. The summed E-state index contributed by atoms with van der Waals surface area (Å²) in [5.41, 5.74) is 2.28. The van der Waals surface area contributed by atoms with Gasteiger partial charge < -0.3 is 10.3 Å². The van der Waals surface area contributed by atoms with Crippen molar-refractivity contribution in [3.63, 3.8) is 0 Å². The Morgan fingerprint density at radius 2 is 1.97 bits per heavy atom. The molecule has 0 atom stereocenters. The van der Waals surface area contributed by atoms with Gasteiger partial charge in [-0.05, 0) is 49.4 Å². The van der Waals surface area contributed by atoms with Crippen molar-refractivity contribution in [1.82, 2.24) is 14.5 Å². The molecule has 4 aromatic rings. The van der Waals surface area contributed by atoms with Gasteiger partial charge in [0.2, 0.25) is 5.91 Å². The number of hydrogen-bond donors (Lipinski definition) is 2. The molecule has 0 radical (unpaired) electrons. The maximum absolute atomic E-state index is 13.4. The molecule has 0 fully saturated rings. The number of H-pyrrole nitrogens is 1. The van der Waals surface area contributed by atoms with Gasteiger partial charge in [-0.1, -0.05) is 35.5 Å². The molecule has 0 bridgehead atoms. The Morgan fingerprint density at radius 3 is 2.70 bits per heavy atom. The fourth-order valence-corrected chi connectivity index (χ4v) is 3.97. The summed E-state index contributed by atoms with van der Waals surface area (Å²) in [5.74, 6) is -0.698. The normalized spacial score (nSPS) is 11.0. The van der Waals surface area contributed by atoms with Gasteiger partial charge in [0.15, 0.2) is 5.16 Å². The smallest absolute Gasteiger partial charge is 0.283 e. The first-order valence-electron chi connectivity index (χ1n) is 8.98. The zero-order chi connectivity index (χ0) is 21.3. The number of benzene rings is 2. The Bertz CT molecular complexity index is 1300. The molecule has 0 spiro atoms. The fourth-order valence-electron chi connectivity index (χ4n) is 2.97. The van der Waals surface area contributed by atoms with Gasteiger partial charge >= 0.3 is 0 Å². The van der Waals surface area contributed by atoms with E-state index in [1.807, 2.05) is 6.92 Å². The van der Waals surface area contributed by atoms with Crippen molar-refractivity contribution in [3.8, 4) is 5.69 Å². The number of anilines is 1. The molecule has 2 heterocycles. The predicted octanol–water partition coefficient (Wildman–Crippen LogP) is 4.55. The number of nitrogens with one attached hydrogen (secondary N) is 2. The van der Waals surface area contributed by atoms with Crippen LogP contribution in [0, 0.1) is 12.7 Å². The lowest BCUT2D eigenvalue weighted by Gasteiger charge is -2.12. The minimum absolute atomic E-state index is 0.00771. The molecular formula is C21H16ClFN4O2S. The Balaban J connectivity index is 1.68. The van der Waals surface area contributed by atoms with Crippen LogP contribution >= 0.6 is 23.4 Å². The summed E-state index contributed by atoms with van der Waals surface area (Å²) >= 11 is 7.19. The second kappa shape index (κ2) is 8.33. The van der Waals surface area contributed by atoms with E-state index in [4.69, 9.17) is 11.6 Å². The molecule has 0 saturated heterocycles. The van der Waals surface area contributed by atoms with Gasteiger partial charge in [0, 0.05) is 5.69 Å². The van der Waals surface area contributed by atoms with E-state index in [0.29, 0.717) is 32.6 Å². The lowest BCUT2D eigenvalue weighted by atomic mass is 10.3. The molecule has 152 valence electrons. The Labute approximate surface area is 180 Å². The summed E-state index contributed by atoms with van der Waals surface area (Å²) in [7, 11) is 0. The maximum Gasteiger partial charge on any atom is 0.283 e. The van der Waals surface area contributed by atoms with E-state index < -0.39 is 5.82 Å². The number of para-hydroxylation sites is 1. The van der Waals surface area contributed by atoms with Crippen LogP contribution in [0.25, 0.3) is 16.7 Å². The van der Waals surface area contributed by atoms with Crippen LogP contribution < -0.4 is 10.9 Å². The monoisotopic (exact) mass is 442 g/mol. The molecule has 2 aromatic heterocycles. The van der Waals surface area contributed by atoms with Crippen LogP contribution in [0.2, 0.25) is 5.02 Å². The second-order valence-electron chi connectivity index (χ2n) is 6.54. The summed E-state index contributed by atoms with van der Waals surface area (Å²) in [4.78, 5) is 33.1. The summed E-state index contributed by atoms with van der Waals surface area (Å²) in [6, 6.07) is 14.2. The first-order chi connectivity index (χ1) is 14.4. The number of aromatic amines is 1. The highest BCUT2D eigenvalue weighted by atomic mass is 35.5. The van der Waals surface area contributed by atoms with Crippen LogP contribution in [0.5, 0.6) is 0 Å². The van der Waals surface area contributed by atoms with Crippen LogP contribution in [-0.2, 0) is 4.79 Å². The van der Waals surface area contributed by atoms with Crippen molar-refractivity contribution >= 4 is 46.0 Å². The van der Waals surface area contributed by atoms with Gasteiger partial charge in [-0.25, -0.2) is 9.37 Å². The van der Waals surface area contributed by atoms with Crippen molar-refractivity contribution in [2.24, 2.45) is 0 Å².